The summed E-state index contributed by atoms with van der Waals surface area (Å²) in [6.07, 6.45) is 0.959. The lowest BCUT2D eigenvalue weighted by Gasteiger charge is -2.31. The average Bonchev–Trinajstić information content (AvgIpc) is 3.69. The second-order valence-electron chi connectivity index (χ2n) is 14.3. The van der Waals surface area contributed by atoms with E-state index in [0.29, 0.717) is 30.4 Å². The topological polar surface area (TPSA) is 177 Å². The third kappa shape index (κ3) is 8.77. The standard InChI is InChI=1S/C37H39F4N3O9S/c1-36(2,3)53-35(49)43-28(34(47)48)14-19-8-10-20(11-9-19)25-17-26(29(52-4)18-27(25)38)32(45)44-31-22-13-12-21(15-22)30(31)33(46)42-23-6-5-7-24(16-23)54(50,51)37(39,40)41/h5-11,16-18,21-22,28,30-31H,12-15H2,1-4H3,(H,42,46)(H,43,49)(H,44,45)(H,47,48)/t21-,22+,28-,30+,31-/m1/s1. The second kappa shape index (κ2) is 15.3. The zero-order valence-electron chi connectivity index (χ0n) is 29.6. The van der Waals surface area contributed by atoms with E-state index in [1.54, 1.807) is 32.9 Å². The zero-order valence-corrected chi connectivity index (χ0v) is 30.4. The molecular formula is C37H39F4N3O9S. The number of carbonyl (C=O) groups excluding carboxylic acids is 3. The van der Waals surface area contributed by atoms with Crippen LogP contribution < -0.4 is 20.7 Å². The third-order valence-corrected chi connectivity index (χ3v) is 10.9. The Morgan fingerprint density at radius 3 is 2.24 bits per heavy atom. The molecule has 0 radical (unpaired) electrons. The highest BCUT2D eigenvalue weighted by molar-refractivity contribution is 7.92. The molecule has 2 fully saturated rings. The van der Waals surface area contributed by atoms with E-state index in [9.17, 15) is 45.9 Å². The fraction of sp³-hybridized carbons (Fsp3) is 0.405. The maximum atomic E-state index is 15.4. The molecule has 0 aromatic heterocycles. The summed E-state index contributed by atoms with van der Waals surface area (Å²) in [5.74, 6) is -4.44. The molecule has 2 bridgehead atoms. The van der Waals surface area contributed by atoms with Gasteiger partial charge in [-0.2, -0.15) is 13.2 Å². The lowest BCUT2D eigenvalue weighted by molar-refractivity contribution is -0.139. The van der Waals surface area contributed by atoms with Gasteiger partial charge in [0.2, 0.25) is 5.91 Å². The molecule has 3 aromatic rings. The average molecular weight is 778 g/mol. The maximum absolute atomic E-state index is 15.4. The van der Waals surface area contributed by atoms with Crippen molar-refractivity contribution in [3.05, 3.63) is 77.6 Å². The van der Waals surface area contributed by atoms with E-state index in [0.717, 1.165) is 24.3 Å². The van der Waals surface area contributed by atoms with E-state index in [2.05, 4.69) is 16.0 Å². The number of fused-ring (bicyclic) bond motifs is 2. The number of carboxylic acid groups (broad SMARTS) is 1. The lowest BCUT2D eigenvalue weighted by Crippen LogP contribution is -2.48. The number of alkyl halides is 3. The number of alkyl carbamates (subject to hydrolysis) is 1. The fourth-order valence-electron chi connectivity index (χ4n) is 7.03. The molecule has 4 N–H and O–H groups in total. The van der Waals surface area contributed by atoms with Gasteiger partial charge in [0.1, 0.15) is 23.2 Å². The van der Waals surface area contributed by atoms with Crippen molar-refractivity contribution in [2.45, 2.75) is 74.5 Å². The molecular weight excluding hydrogens is 738 g/mol. The largest absolute Gasteiger partial charge is 0.501 e. The number of sulfone groups is 1. The predicted octanol–water partition coefficient (Wildman–Crippen LogP) is 6.10. The zero-order chi connectivity index (χ0) is 39.7. The minimum atomic E-state index is -5.66. The molecule has 0 aliphatic heterocycles. The first-order valence-electron chi connectivity index (χ1n) is 16.9. The van der Waals surface area contributed by atoms with Gasteiger partial charge in [0.15, 0.2) is 0 Å². The van der Waals surface area contributed by atoms with Crippen LogP contribution in [0.3, 0.4) is 0 Å². The summed E-state index contributed by atoms with van der Waals surface area (Å²) in [6.45, 7) is 4.91. The summed E-state index contributed by atoms with van der Waals surface area (Å²) in [5, 5.41) is 17.4. The van der Waals surface area contributed by atoms with Gasteiger partial charge in [0.05, 0.1) is 23.5 Å². The summed E-state index contributed by atoms with van der Waals surface area (Å²) >= 11 is 0. The van der Waals surface area contributed by atoms with Gasteiger partial charge in [-0.1, -0.05) is 30.3 Å². The number of ether oxygens (including phenoxy) is 2. The molecule has 3 amide bonds. The van der Waals surface area contributed by atoms with Crippen molar-refractivity contribution in [2.75, 3.05) is 12.4 Å². The smallest absolute Gasteiger partial charge is 0.496 e. The molecule has 5 atom stereocenters. The van der Waals surface area contributed by atoms with Crippen molar-refractivity contribution in [2.24, 2.45) is 17.8 Å². The van der Waals surface area contributed by atoms with E-state index < -0.39 is 73.5 Å². The predicted molar refractivity (Wildman–Crippen MR) is 187 cm³/mol. The van der Waals surface area contributed by atoms with Crippen molar-refractivity contribution >= 4 is 39.4 Å². The number of rotatable bonds is 11. The highest BCUT2D eigenvalue weighted by Gasteiger charge is 2.52. The van der Waals surface area contributed by atoms with Gasteiger partial charge in [0, 0.05) is 29.8 Å². The normalized spacial score (nSPS) is 20.1. The van der Waals surface area contributed by atoms with Gasteiger partial charge >= 0.3 is 17.6 Å². The first kappa shape index (κ1) is 40.0. The number of nitrogens with one attached hydrogen (secondary N) is 3. The molecule has 5 rings (SSSR count). The first-order chi connectivity index (χ1) is 25.2. The molecule has 3 aromatic carbocycles. The van der Waals surface area contributed by atoms with Crippen LogP contribution in [0, 0.1) is 23.6 Å². The van der Waals surface area contributed by atoms with Crippen molar-refractivity contribution in [3.8, 4) is 16.9 Å². The lowest BCUT2D eigenvalue weighted by atomic mass is 9.83. The minimum absolute atomic E-state index is 0.0186. The molecule has 0 saturated heterocycles. The monoisotopic (exact) mass is 777 g/mol. The van der Waals surface area contributed by atoms with E-state index in [4.69, 9.17) is 9.47 Å². The van der Waals surface area contributed by atoms with Gasteiger partial charge in [-0.25, -0.2) is 22.4 Å². The Balaban J connectivity index is 1.33. The van der Waals surface area contributed by atoms with Gasteiger partial charge in [0.25, 0.3) is 15.7 Å². The van der Waals surface area contributed by atoms with Crippen molar-refractivity contribution in [3.63, 3.8) is 0 Å². The van der Waals surface area contributed by atoms with Gasteiger partial charge in [-0.05, 0) is 87.3 Å². The van der Waals surface area contributed by atoms with Crippen molar-refractivity contribution in [1.29, 1.82) is 0 Å². The number of benzene rings is 3. The number of hydrogen-bond acceptors (Lipinski definition) is 8. The second-order valence-corrected chi connectivity index (χ2v) is 16.2. The number of carboxylic acids is 1. The molecule has 2 aliphatic rings. The minimum Gasteiger partial charge on any atom is -0.496 e. The first-order valence-corrected chi connectivity index (χ1v) is 18.4. The van der Waals surface area contributed by atoms with E-state index in [-0.39, 0.29) is 40.8 Å². The van der Waals surface area contributed by atoms with Crippen LogP contribution in [0.15, 0.2) is 65.6 Å². The van der Waals surface area contributed by atoms with Gasteiger partial charge < -0.3 is 30.5 Å². The van der Waals surface area contributed by atoms with Crippen LogP contribution in [0.2, 0.25) is 0 Å². The Morgan fingerprint density at radius 1 is 0.963 bits per heavy atom. The Bertz CT molecular complexity index is 2050. The van der Waals surface area contributed by atoms with Crippen LogP contribution in [0.4, 0.5) is 28.0 Å². The molecule has 17 heteroatoms. The molecule has 12 nitrogen and oxygen atoms in total. The Labute approximate surface area is 308 Å². The third-order valence-electron chi connectivity index (χ3n) is 9.46. The number of anilines is 1. The number of amides is 3. The fourth-order valence-corrected chi connectivity index (χ4v) is 7.84. The van der Waals surface area contributed by atoms with E-state index in [1.807, 2.05) is 0 Å². The van der Waals surface area contributed by atoms with Crippen LogP contribution in [0.25, 0.3) is 11.1 Å². The van der Waals surface area contributed by atoms with Crippen LogP contribution in [-0.4, -0.2) is 67.7 Å². The molecule has 2 aliphatic carbocycles. The summed E-state index contributed by atoms with van der Waals surface area (Å²) in [4.78, 5) is 50.4. The molecule has 0 unspecified atom stereocenters. The quantitative estimate of drug-likeness (QED) is 0.168. The maximum Gasteiger partial charge on any atom is 0.501 e. The Hall–Kier alpha value is -5.19. The summed E-state index contributed by atoms with van der Waals surface area (Å²) < 4.78 is 89.2. The molecule has 54 heavy (non-hydrogen) atoms. The Morgan fingerprint density at radius 2 is 1.63 bits per heavy atom. The summed E-state index contributed by atoms with van der Waals surface area (Å²) in [6, 6.07) is 10.3. The Kier molecular flexibility index (Phi) is 11.3. The van der Waals surface area contributed by atoms with Crippen LogP contribution in [-0.2, 0) is 30.6 Å². The molecule has 0 heterocycles. The molecule has 2 saturated carbocycles. The van der Waals surface area contributed by atoms with Gasteiger partial charge in [-0.3, -0.25) is 9.59 Å². The number of hydrogen-bond donors (Lipinski definition) is 4. The van der Waals surface area contributed by atoms with Gasteiger partial charge in [-0.15, -0.1) is 0 Å². The number of methoxy groups -OCH3 is 1. The number of carbonyl (C=O) groups is 4. The van der Waals surface area contributed by atoms with Crippen LogP contribution in [0.5, 0.6) is 5.75 Å². The van der Waals surface area contributed by atoms with Crippen molar-refractivity contribution in [1.82, 2.24) is 10.6 Å². The van der Waals surface area contributed by atoms with E-state index in [1.165, 1.54) is 31.4 Å². The highest BCUT2D eigenvalue weighted by Crippen LogP contribution is 2.49. The summed E-state index contributed by atoms with van der Waals surface area (Å²) in [5.41, 5.74) is -5.72. The van der Waals surface area contributed by atoms with Crippen LogP contribution in [0.1, 0.15) is 56.0 Å². The van der Waals surface area contributed by atoms with Crippen molar-refractivity contribution < 1.29 is 59.7 Å². The summed E-state index contributed by atoms with van der Waals surface area (Å²) in [7, 11) is -4.40. The molecule has 0 spiro atoms. The highest BCUT2D eigenvalue weighted by atomic mass is 32.2. The molecule has 290 valence electrons. The number of aliphatic carboxylic acids is 1. The number of halogens is 4. The van der Waals surface area contributed by atoms with E-state index >= 15 is 4.39 Å². The SMILES string of the molecule is COc1cc(F)c(-c2ccc(C[C@@H](NC(=O)OC(C)(C)C)C(=O)O)cc2)cc1C(=O)N[C@@H]1[C@H]2CC[C@H](C2)[C@@H]1C(=O)Nc1cccc(S(=O)(=O)C(F)(F)F)c1. The van der Waals surface area contributed by atoms with Crippen LogP contribution >= 0.6 is 0 Å².